The molecular formula is C17H24N2OS. The monoisotopic (exact) mass is 304 g/mol. The van der Waals surface area contributed by atoms with Gasteiger partial charge in [-0.05, 0) is 37.2 Å². The van der Waals surface area contributed by atoms with Crippen LogP contribution in [0.5, 0.6) is 0 Å². The van der Waals surface area contributed by atoms with Crippen LogP contribution in [0, 0.1) is 17.2 Å². The lowest BCUT2D eigenvalue weighted by atomic mass is 9.88. The van der Waals surface area contributed by atoms with Gasteiger partial charge in [-0.25, -0.2) is 0 Å². The second-order valence-electron chi connectivity index (χ2n) is 6.03. The molecular weight excluding hydrogens is 280 g/mol. The lowest BCUT2D eigenvalue weighted by Gasteiger charge is -2.17. The molecule has 3 nitrogen and oxygen atoms in total. The lowest BCUT2D eigenvalue weighted by molar-refractivity contribution is -0.116. The van der Waals surface area contributed by atoms with E-state index < -0.39 is 0 Å². The number of hydrogen-bond donors (Lipinski definition) is 1. The smallest absolute Gasteiger partial charge is 0.225 e. The van der Waals surface area contributed by atoms with Gasteiger partial charge in [0.2, 0.25) is 5.91 Å². The Morgan fingerprint density at radius 2 is 2.24 bits per heavy atom. The van der Waals surface area contributed by atoms with Gasteiger partial charge in [0.15, 0.2) is 0 Å². The average Bonchev–Trinajstić information content (AvgIpc) is 2.79. The van der Waals surface area contributed by atoms with Crippen molar-refractivity contribution in [2.45, 2.75) is 65.2 Å². The molecule has 2 rings (SSSR count). The summed E-state index contributed by atoms with van der Waals surface area (Å²) in [4.78, 5) is 13.3. The zero-order valence-electron chi connectivity index (χ0n) is 13.0. The number of carbonyl (C=O) groups is 1. The molecule has 4 heteroatoms. The molecule has 0 bridgehead atoms. The number of amides is 1. The quantitative estimate of drug-likeness (QED) is 0.777. The van der Waals surface area contributed by atoms with Gasteiger partial charge in [-0.3, -0.25) is 4.79 Å². The summed E-state index contributed by atoms with van der Waals surface area (Å²) >= 11 is 1.61. The van der Waals surface area contributed by atoms with Crippen LogP contribution in [0.1, 0.15) is 68.4 Å². The fourth-order valence-electron chi connectivity index (χ4n) is 2.86. The second-order valence-corrected chi connectivity index (χ2v) is 7.13. The summed E-state index contributed by atoms with van der Waals surface area (Å²) in [6.45, 7) is 4.41. The maximum absolute atomic E-state index is 12.0. The Bertz CT molecular complexity index is 542. The topological polar surface area (TPSA) is 52.9 Å². The van der Waals surface area contributed by atoms with Crippen molar-refractivity contribution in [3.05, 3.63) is 16.0 Å². The maximum Gasteiger partial charge on any atom is 0.225 e. The number of hydrogen-bond acceptors (Lipinski definition) is 3. The predicted octanol–water partition coefficient (Wildman–Crippen LogP) is 4.65. The first-order valence-electron chi connectivity index (χ1n) is 8.00. The van der Waals surface area contributed by atoms with Gasteiger partial charge < -0.3 is 5.32 Å². The maximum atomic E-state index is 12.0. The summed E-state index contributed by atoms with van der Waals surface area (Å²) in [5.74, 6) is 0.731. The zero-order chi connectivity index (χ0) is 15.2. The van der Waals surface area contributed by atoms with E-state index in [-0.39, 0.29) is 5.91 Å². The summed E-state index contributed by atoms with van der Waals surface area (Å²) in [5.41, 5.74) is 1.89. The van der Waals surface area contributed by atoms with Crippen molar-refractivity contribution in [1.29, 1.82) is 5.26 Å². The third-order valence-electron chi connectivity index (χ3n) is 4.13. The SMILES string of the molecule is CCCCCCC(=O)Nc1sc2c(c1C#N)CCC(C)C2. The standard InChI is InChI=1S/C17H24N2OS/c1-3-4-5-6-7-16(20)19-17-14(11-18)13-9-8-12(2)10-15(13)21-17/h12H,3-10H2,1-2H3,(H,19,20). The normalized spacial score (nSPS) is 17.1. The molecule has 1 aromatic rings. The Morgan fingerprint density at radius 3 is 2.95 bits per heavy atom. The fraction of sp³-hybridized carbons (Fsp3) is 0.647. The molecule has 1 atom stereocenters. The van der Waals surface area contributed by atoms with Gasteiger partial charge in [0.1, 0.15) is 11.1 Å². The van der Waals surface area contributed by atoms with E-state index in [2.05, 4.69) is 25.2 Å². The van der Waals surface area contributed by atoms with E-state index in [0.29, 0.717) is 17.9 Å². The molecule has 0 spiro atoms. The number of nitrogens with one attached hydrogen (secondary N) is 1. The van der Waals surface area contributed by atoms with Crippen LogP contribution < -0.4 is 5.32 Å². The third-order valence-corrected chi connectivity index (χ3v) is 5.30. The number of thiophene rings is 1. The molecule has 1 unspecified atom stereocenters. The van der Waals surface area contributed by atoms with Gasteiger partial charge in [0.05, 0.1) is 5.56 Å². The molecule has 114 valence electrons. The number of anilines is 1. The van der Waals surface area contributed by atoms with E-state index in [1.165, 1.54) is 23.3 Å². The van der Waals surface area contributed by atoms with Crippen molar-refractivity contribution in [3.8, 4) is 6.07 Å². The summed E-state index contributed by atoms with van der Waals surface area (Å²) in [6, 6.07) is 2.30. The fourth-order valence-corrected chi connectivity index (χ4v) is 4.24. The lowest BCUT2D eigenvalue weighted by Crippen LogP contribution is -2.11. The molecule has 0 aromatic carbocycles. The number of rotatable bonds is 6. The number of fused-ring (bicyclic) bond motifs is 1. The molecule has 0 aliphatic heterocycles. The molecule has 1 N–H and O–H groups in total. The zero-order valence-corrected chi connectivity index (χ0v) is 13.8. The minimum Gasteiger partial charge on any atom is -0.317 e. The number of carbonyl (C=O) groups excluding carboxylic acids is 1. The van der Waals surface area contributed by atoms with Crippen LogP contribution >= 0.6 is 11.3 Å². The van der Waals surface area contributed by atoms with Crippen LogP contribution in [-0.2, 0) is 17.6 Å². The first kappa shape index (κ1) is 16.0. The van der Waals surface area contributed by atoms with Gasteiger partial charge in [-0.1, -0.05) is 33.1 Å². The van der Waals surface area contributed by atoms with Crippen LogP contribution in [0.2, 0.25) is 0 Å². The van der Waals surface area contributed by atoms with E-state index in [1.807, 2.05) is 0 Å². The summed E-state index contributed by atoms with van der Waals surface area (Å²) in [6.07, 6.45) is 8.12. The first-order valence-corrected chi connectivity index (χ1v) is 8.81. The van der Waals surface area contributed by atoms with E-state index in [1.54, 1.807) is 11.3 Å². The minimum absolute atomic E-state index is 0.0502. The van der Waals surface area contributed by atoms with Crippen molar-refractivity contribution in [2.24, 2.45) is 5.92 Å². The van der Waals surface area contributed by atoms with E-state index in [0.717, 1.165) is 37.1 Å². The Kier molecular flexibility index (Phi) is 5.81. The van der Waals surface area contributed by atoms with Gasteiger partial charge in [0, 0.05) is 11.3 Å². The average molecular weight is 304 g/mol. The van der Waals surface area contributed by atoms with Crippen LogP contribution in [0.15, 0.2) is 0 Å². The van der Waals surface area contributed by atoms with Gasteiger partial charge in [-0.15, -0.1) is 11.3 Å². The summed E-state index contributed by atoms with van der Waals surface area (Å²) in [5, 5.41) is 13.1. The second kappa shape index (κ2) is 7.61. The molecule has 21 heavy (non-hydrogen) atoms. The van der Waals surface area contributed by atoms with Crippen LogP contribution in [0.25, 0.3) is 0 Å². The highest BCUT2D eigenvalue weighted by Crippen LogP contribution is 2.39. The molecule has 0 radical (unpaired) electrons. The minimum atomic E-state index is 0.0502. The third kappa shape index (κ3) is 4.07. The van der Waals surface area contributed by atoms with Gasteiger partial charge in [0.25, 0.3) is 0 Å². The largest absolute Gasteiger partial charge is 0.317 e. The van der Waals surface area contributed by atoms with Crippen molar-refractivity contribution in [3.63, 3.8) is 0 Å². The van der Waals surface area contributed by atoms with E-state index in [9.17, 15) is 10.1 Å². The van der Waals surface area contributed by atoms with Crippen LogP contribution in [0.4, 0.5) is 5.00 Å². The Hall–Kier alpha value is -1.34. The molecule has 1 amide bonds. The van der Waals surface area contributed by atoms with E-state index in [4.69, 9.17) is 0 Å². The predicted molar refractivity (Wildman–Crippen MR) is 87.6 cm³/mol. The van der Waals surface area contributed by atoms with E-state index >= 15 is 0 Å². The number of unbranched alkanes of at least 4 members (excludes halogenated alkanes) is 3. The van der Waals surface area contributed by atoms with Gasteiger partial charge >= 0.3 is 0 Å². The number of nitriles is 1. The van der Waals surface area contributed by atoms with Gasteiger partial charge in [-0.2, -0.15) is 5.26 Å². The molecule has 1 aliphatic carbocycles. The molecule has 1 heterocycles. The Morgan fingerprint density at radius 1 is 1.43 bits per heavy atom. The molecule has 0 fully saturated rings. The highest BCUT2D eigenvalue weighted by atomic mass is 32.1. The summed E-state index contributed by atoms with van der Waals surface area (Å²) in [7, 11) is 0. The Labute approximate surface area is 131 Å². The van der Waals surface area contributed by atoms with Crippen molar-refractivity contribution >= 4 is 22.2 Å². The van der Waals surface area contributed by atoms with Crippen molar-refractivity contribution in [1.82, 2.24) is 0 Å². The van der Waals surface area contributed by atoms with Crippen LogP contribution in [-0.4, -0.2) is 5.91 Å². The number of nitrogens with zero attached hydrogens (tertiary/aromatic N) is 1. The highest BCUT2D eigenvalue weighted by molar-refractivity contribution is 7.16. The molecule has 0 saturated heterocycles. The summed E-state index contributed by atoms with van der Waals surface area (Å²) < 4.78 is 0. The first-order chi connectivity index (χ1) is 10.2. The molecule has 1 aliphatic rings. The van der Waals surface area contributed by atoms with Crippen LogP contribution in [0.3, 0.4) is 0 Å². The molecule has 1 aromatic heterocycles. The highest BCUT2D eigenvalue weighted by Gasteiger charge is 2.24. The van der Waals surface area contributed by atoms with Crippen molar-refractivity contribution in [2.75, 3.05) is 5.32 Å². The van der Waals surface area contributed by atoms with Crippen molar-refractivity contribution < 1.29 is 4.79 Å². The molecule has 0 saturated carbocycles. The Balaban J connectivity index is 2.00.